The molecule has 0 fully saturated rings. The minimum atomic E-state index is 0. The van der Waals surface area contributed by atoms with Crippen molar-refractivity contribution in [1.82, 2.24) is 0 Å². The van der Waals surface area contributed by atoms with Crippen LogP contribution in [0.5, 0.6) is 0 Å². The Morgan fingerprint density at radius 2 is 2.33 bits per heavy atom. The van der Waals surface area contributed by atoms with Crippen LogP contribution in [0.1, 0.15) is 10.4 Å². The van der Waals surface area contributed by atoms with E-state index in [0.717, 1.165) is 6.29 Å². The van der Waals surface area contributed by atoms with Gasteiger partial charge in [0.1, 0.15) is 6.29 Å². The summed E-state index contributed by atoms with van der Waals surface area (Å²) in [4.78, 5) is 9.99. The predicted molar refractivity (Wildman–Crippen MR) is 37.8 cm³/mol. The summed E-state index contributed by atoms with van der Waals surface area (Å²) in [5.41, 5.74) is 0.674. The van der Waals surface area contributed by atoms with E-state index in [1.165, 1.54) is 0 Å². The Hall–Kier alpha value is -0.110. The average Bonchev–Trinajstić information content (AvgIpc) is 1.90. The molecule has 0 bridgehead atoms. The Kier molecular flexibility index (Phi) is 4.68. The van der Waals surface area contributed by atoms with Crippen molar-refractivity contribution < 1.29 is 4.79 Å². The van der Waals surface area contributed by atoms with Crippen LogP contribution >= 0.6 is 0 Å². The van der Waals surface area contributed by atoms with E-state index < -0.39 is 0 Å². The SMILES string of the molecule is O=Cc1c[c]ccc1.[NaH]. The fraction of sp³-hybridized carbons (Fsp3) is 0. The van der Waals surface area contributed by atoms with Gasteiger partial charge in [0.05, 0.1) is 0 Å². The van der Waals surface area contributed by atoms with Gasteiger partial charge in [0, 0.05) is 5.56 Å². The molecule has 1 aromatic carbocycles. The van der Waals surface area contributed by atoms with Gasteiger partial charge >= 0.3 is 29.6 Å². The van der Waals surface area contributed by atoms with E-state index in [1.54, 1.807) is 24.3 Å². The fourth-order valence-corrected chi connectivity index (χ4v) is 0.481. The molecule has 0 heterocycles. The zero-order chi connectivity index (χ0) is 5.82. The number of hydrogen-bond acceptors (Lipinski definition) is 1. The predicted octanol–water partition coefficient (Wildman–Crippen LogP) is 0.651. The molecule has 9 heavy (non-hydrogen) atoms. The van der Waals surface area contributed by atoms with Crippen molar-refractivity contribution in [3.05, 3.63) is 35.9 Å². The topological polar surface area (TPSA) is 17.1 Å². The summed E-state index contributed by atoms with van der Waals surface area (Å²) >= 11 is 0. The van der Waals surface area contributed by atoms with E-state index in [1.807, 2.05) is 0 Å². The molecule has 1 aromatic rings. The third kappa shape index (κ3) is 2.80. The van der Waals surface area contributed by atoms with Crippen LogP contribution in [0.15, 0.2) is 24.3 Å². The monoisotopic (exact) mass is 129 g/mol. The quantitative estimate of drug-likeness (QED) is 0.402. The minimum absolute atomic E-state index is 0. The van der Waals surface area contributed by atoms with Crippen molar-refractivity contribution in [1.29, 1.82) is 0 Å². The molecule has 0 atom stereocenters. The fourth-order valence-electron chi connectivity index (χ4n) is 0.481. The van der Waals surface area contributed by atoms with Gasteiger partial charge in [-0.25, -0.2) is 0 Å². The molecule has 0 saturated carbocycles. The molecule has 0 N–H and O–H groups in total. The summed E-state index contributed by atoms with van der Waals surface area (Å²) in [6, 6.07) is 9.70. The number of carbonyl (C=O) groups is 1. The maximum atomic E-state index is 9.99. The normalized spacial score (nSPS) is 7.56. The van der Waals surface area contributed by atoms with Gasteiger partial charge < -0.3 is 0 Å². The van der Waals surface area contributed by atoms with Crippen LogP contribution in [0, 0.1) is 6.07 Å². The summed E-state index contributed by atoms with van der Waals surface area (Å²) < 4.78 is 0. The Morgan fingerprint density at radius 1 is 1.56 bits per heavy atom. The van der Waals surface area contributed by atoms with Crippen LogP contribution in [0.4, 0.5) is 0 Å². The first-order chi connectivity index (χ1) is 3.93. The number of benzene rings is 1. The molecule has 0 aromatic heterocycles. The van der Waals surface area contributed by atoms with E-state index in [0.29, 0.717) is 5.56 Å². The third-order valence-electron chi connectivity index (χ3n) is 0.867. The molecule has 1 radical (unpaired) electrons. The van der Waals surface area contributed by atoms with Crippen LogP contribution in [0.3, 0.4) is 0 Å². The maximum absolute atomic E-state index is 9.99. The Morgan fingerprint density at radius 3 is 2.67 bits per heavy atom. The molecule has 0 spiro atoms. The van der Waals surface area contributed by atoms with Crippen molar-refractivity contribution >= 4 is 35.8 Å². The zero-order valence-electron chi connectivity index (χ0n) is 4.29. The molecule has 0 aliphatic rings. The van der Waals surface area contributed by atoms with Crippen molar-refractivity contribution in [3.8, 4) is 0 Å². The molecular formula is C7H6NaO. The van der Waals surface area contributed by atoms with Crippen LogP contribution in [-0.4, -0.2) is 35.8 Å². The molecule has 1 rings (SSSR count). The van der Waals surface area contributed by atoms with E-state index in [4.69, 9.17) is 0 Å². The summed E-state index contributed by atoms with van der Waals surface area (Å²) in [6.45, 7) is 0. The van der Waals surface area contributed by atoms with Crippen molar-refractivity contribution in [3.63, 3.8) is 0 Å². The first-order valence-corrected chi connectivity index (χ1v) is 2.35. The standard InChI is InChI=1S/C7H5O.Na.H/c8-6-7-4-2-1-3-5-7;;/h1-2,4-6H;;. The molecule has 0 unspecified atom stereocenters. The summed E-state index contributed by atoms with van der Waals surface area (Å²) in [5.74, 6) is 0. The van der Waals surface area contributed by atoms with Gasteiger partial charge in [-0.1, -0.05) is 18.2 Å². The summed E-state index contributed by atoms with van der Waals surface area (Å²) in [5, 5.41) is 0. The van der Waals surface area contributed by atoms with Crippen molar-refractivity contribution in [2.24, 2.45) is 0 Å². The number of carbonyl (C=O) groups excluding carboxylic acids is 1. The Bertz CT molecular complexity index is 172. The first-order valence-electron chi connectivity index (χ1n) is 2.35. The van der Waals surface area contributed by atoms with Gasteiger partial charge in [-0.15, -0.1) is 0 Å². The van der Waals surface area contributed by atoms with Crippen molar-refractivity contribution in [2.75, 3.05) is 0 Å². The second-order valence-corrected chi connectivity index (χ2v) is 1.45. The van der Waals surface area contributed by atoms with Crippen LogP contribution in [0.25, 0.3) is 0 Å². The van der Waals surface area contributed by atoms with E-state index in [-0.39, 0.29) is 29.6 Å². The molecule has 0 aliphatic heterocycles. The number of rotatable bonds is 1. The van der Waals surface area contributed by atoms with Gasteiger partial charge in [-0.05, 0) is 12.1 Å². The van der Waals surface area contributed by atoms with Gasteiger partial charge in [0.25, 0.3) is 0 Å². The van der Waals surface area contributed by atoms with Gasteiger partial charge in [0.15, 0.2) is 0 Å². The van der Waals surface area contributed by atoms with Crippen LogP contribution in [0.2, 0.25) is 0 Å². The third-order valence-corrected chi connectivity index (χ3v) is 0.867. The molecule has 2 heteroatoms. The molecule has 0 amide bonds. The average molecular weight is 129 g/mol. The van der Waals surface area contributed by atoms with E-state index in [9.17, 15) is 4.79 Å². The molecule has 41 valence electrons. The number of hydrogen-bond donors (Lipinski definition) is 0. The number of aldehydes is 1. The van der Waals surface area contributed by atoms with Gasteiger partial charge in [-0.3, -0.25) is 4.79 Å². The summed E-state index contributed by atoms with van der Waals surface area (Å²) in [6.07, 6.45) is 0.802. The van der Waals surface area contributed by atoms with Crippen LogP contribution in [-0.2, 0) is 0 Å². The Labute approximate surface area is 76.4 Å². The molecule has 1 nitrogen and oxygen atoms in total. The van der Waals surface area contributed by atoms with E-state index in [2.05, 4.69) is 6.07 Å². The second kappa shape index (κ2) is 4.74. The summed E-state index contributed by atoms with van der Waals surface area (Å²) in [7, 11) is 0. The molecular weight excluding hydrogens is 123 g/mol. The van der Waals surface area contributed by atoms with Crippen molar-refractivity contribution in [2.45, 2.75) is 0 Å². The molecule has 0 saturated heterocycles. The zero-order valence-corrected chi connectivity index (χ0v) is 4.29. The van der Waals surface area contributed by atoms with Gasteiger partial charge in [0.2, 0.25) is 0 Å². The molecule has 0 aliphatic carbocycles. The van der Waals surface area contributed by atoms with Gasteiger partial charge in [-0.2, -0.15) is 0 Å². The second-order valence-electron chi connectivity index (χ2n) is 1.45. The van der Waals surface area contributed by atoms with E-state index >= 15 is 0 Å². The van der Waals surface area contributed by atoms with Crippen LogP contribution < -0.4 is 0 Å². The Balaban J connectivity index is 0.000000640. The first kappa shape index (κ1) is 8.89.